The molecular weight excluding hydrogens is 527 g/mol. The summed E-state index contributed by atoms with van der Waals surface area (Å²) < 4.78 is 125. The van der Waals surface area contributed by atoms with Crippen molar-refractivity contribution in [1.29, 1.82) is 0 Å². The molecule has 0 radical (unpaired) electrons. The molecular formula is C24H25F5O5S2. The van der Waals surface area contributed by atoms with Crippen LogP contribution in [0.1, 0.15) is 43.7 Å². The molecule has 0 N–H and O–H groups in total. The van der Waals surface area contributed by atoms with Crippen LogP contribution in [0.2, 0.25) is 0 Å². The number of alkyl halides is 3. The highest BCUT2D eigenvalue weighted by molar-refractivity contribution is 7.92. The third-order valence-electron chi connectivity index (χ3n) is 7.59. The van der Waals surface area contributed by atoms with Gasteiger partial charge in [0.25, 0.3) is 0 Å². The zero-order chi connectivity index (χ0) is 26.7. The number of fused-ring (bicyclic) bond motifs is 3. The number of hydrogen-bond donors (Lipinski definition) is 0. The van der Waals surface area contributed by atoms with Gasteiger partial charge in [-0.2, -0.15) is 13.2 Å². The lowest BCUT2D eigenvalue weighted by molar-refractivity contribution is -0.137. The van der Waals surface area contributed by atoms with Crippen LogP contribution in [0.15, 0.2) is 41.3 Å². The van der Waals surface area contributed by atoms with Gasteiger partial charge in [-0.1, -0.05) is 13.3 Å². The van der Waals surface area contributed by atoms with E-state index >= 15 is 4.39 Å². The summed E-state index contributed by atoms with van der Waals surface area (Å²) in [4.78, 5) is -0.468. The molecule has 1 aliphatic carbocycles. The van der Waals surface area contributed by atoms with Gasteiger partial charge in [0.15, 0.2) is 21.4 Å². The fourth-order valence-electron chi connectivity index (χ4n) is 5.74. The van der Waals surface area contributed by atoms with Crippen LogP contribution in [-0.2, 0) is 30.6 Å². The smallest absolute Gasteiger partial charge is 0.416 e. The molecule has 0 aromatic heterocycles. The second-order valence-electron chi connectivity index (χ2n) is 9.90. The Morgan fingerprint density at radius 2 is 1.58 bits per heavy atom. The zero-order valence-corrected chi connectivity index (χ0v) is 21.2. The molecule has 0 bridgehead atoms. The quantitative estimate of drug-likeness (QED) is 0.472. The Morgan fingerprint density at radius 3 is 2.17 bits per heavy atom. The molecule has 1 heterocycles. The van der Waals surface area contributed by atoms with Crippen molar-refractivity contribution in [3.8, 4) is 5.75 Å². The van der Waals surface area contributed by atoms with Crippen molar-refractivity contribution in [3.05, 3.63) is 59.2 Å². The lowest BCUT2D eigenvalue weighted by atomic mass is 9.58. The monoisotopic (exact) mass is 552 g/mol. The van der Waals surface area contributed by atoms with Crippen LogP contribution in [0, 0.1) is 23.0 Å². The molecule has 2 aromatic carbocycles. The third kappa shape index (κ3) is 4.29. The maximum absolute atomic E-state index is 15.4. The van der Waals surface area contributed by atoms with Gasteiger partial charge in [-0.25, -0.2) is 25.6 Å². The van der Waals surface area contributed by atoms with Gasteiger partial charge in [0.2, 0.25) is 0 Å². The number of rotatable bonds is 5. The van der Waals surface area contributed by atoms with Gasteiger partial charge in [-0.3, -0.25) is 0 Å². The predicted molar refractivity (Wildman–Crippen MR) is 122 cm³/mol. The molecule has 2 aromatic rings. The first kappa shape index (κ1) is 26.8. The van der Waals surface area contributed by atoms with Crippen molar-refractivity contribution in [2.24, 2.45) is 11.3 Å². The summed E-state index contributed by atoms with van der Waals surface area (Å²) in [6.45, 7) is 1.37. The summed E-state index contributed by atoms with van der Waals surface area (Å²) >= 11 is 0. The predicted octanol–water partition coefficient (Wildman–Crippen LogP) is 5.29. The SMILES string of the molecule is C[C@]1(CCS(C)(=O)=O)CCC[C@]2(S(=O)(=O)c3ccc(C(F)(F)F)cc3)c3c(F)ccc(F)c3OC[C@H]12. The maximum Gasteiger partial charge on any atom is 0.416 e. The van der Waals surface area contributed by atoms with Crippen LogP contribution in [0.25, 0.3) is 0 Å². The minimum Gasteiger partial charge on any atom is -0.490 e. The molecule has 0 spiro atoms. The molecule has 1 fully saturated rings. The van der Waals surface area contributed by atoms with E-state index in [1.54, 1.807) is 6.92 Å². The Kier molecular flexibility index (Phi) is 6.47. The lowest BCUT2D eigenvalue weighted by Crippen LogP contribution is -2.57. The molecule has 4 rings (SSSR count). The van der Waals surface area contributed by atoms with Crippen molar-refractivity contribution in [1.82, 2.24) is 0 Å². The van der Waals surface area contributed by atoms with Crippen LogP contribution in [0.4, 0.5) is 22.0 Å². The van der Waals surface area contributed by atoms with E-state index in [1.165, 1.54) is 0 Å². The molecule has 198 valence electrons. The van der Waals surface area contributed by atoms with Gasteiger partial charge < -0.3 is 4.74 Å². The molecule has 36 heavy (non-hydrogen) atoms. The lowest BCUT2D eigenvalue weighted by Gasteiger charge is -2.55. The highest BCUT2D eigenvalue weighted by Gasteiger charge is 2.63. The number of ether oxygens (including phenoxy) is 1. The fraction of sp³-hybridized carbons (Fsp3) is 0.500. The average Bonchev–Trinajstić information content (AvgIpc) is 2.79. The normalized spacial score (nSPS) is 26.6. The Morgan fingerprint density at radius 1 is 0.972 bits per heavy atom. The van der Waals surface area contributed by atoms with Crippen LogP contribution in [0.3, 0.4) is 0 Å². The van der Waals surface area contributed by atoms with Crippen molar-refractivity contribution < 1.29 is 43.5 Å². The van der Waals surface area contributed by atoms with Gasteiger partial charge in [0, 0.05) is 12.2 Å². The van der Waals surface area contributed by atoms with Crippen molar-refractivity contribution in [2.45, 2.75) is 48.4 Å². The molecule has 3 atom stereocenters. The second kappa shape index (κ2) is 8.68. The van der Waals surface area contributed by atoms with E-state index in [9.17, 15) is 34.4 Å². The Labute approximate surface area is 206 Å². The summed E-state index contributed by atoms with van der Waals surface area (Å²) in [5.74, 6) is -3.77. The summed E-state index contributed by atoms with van der Waals surface area (Å²) in [5.41, 5.74) is -2.51. The van der Waals surface area contributed by atoms with Gasteiger partial charge in [0.1, 0.15) is 20.4 Å². The van der Waals surface area contributed by atoms with Crippen LogP contribution >= 0.6 is 0 Å². The highest BCUT2D eigenvalue weighted by Crippen LogP contribution is 2.62. The van der Waals surface area contributed by atoms with E-state index in [4.69, 9.17) is 4.74 Å². The molecule has 0 saturated heterocycles. The highest BCUT2D eigenvalue weighted by atomic mass is 32.2. The standard InChI is InChI=1S/C24H25F5O5S2/c1-22(12-13-35(2,30)31)10-3-11-23(19(22)14-34-21-18(26)9-8-17(25)20(21)23)36(32,33)16-6-4-15(5-7-16)24(27,28)29/h4-9,19H,3,10-14H2,1-2H3/t19-,22-,23-/m1/s1. The fourth-order valence-corrected chi connectivity index (χ4v) is 9.09. The molecule has 0 amide bonds. The van der Waals surface area contributed by atoms with Crippen molar-refractivity contribution in [2.75, 3.05) is 18.6 Å². The topological polar surface area (TPSA) is 77.5 Å². The number of halogens is 5. The van der Waals surface area contributed by atoms with Gasteiger partial charge in [-0.05, 0) is 61.1 Å². The van der Waals surface area contributed by atoms with Crippen LogP contribution < -0.4 is 4.74 Å². The van der Waals surface area contributed by atoms with E-state index in [1.807, 2.05) is 0 Å². The van der Waals surface area contributed by atoms with Gasteiger partial charge in [-0.15, -0.1) is 0 Å². The minimum atomic E-state index is -4.70. The maximum atomic E-state index is 15.4. The second-order valence-corrected chi connectivity index (χ2v) is 14.4. The van der Waals surface area contributed by atoms with E-state index in [-0.39, 0.29) is 31.6 Å². The minimum absolute atomic E-state index is 0.0520. The Balaban J connectivity index is 1.97. The summed E-state index contributed by atoms with van der Waals surface area (Å²) in [6.07, 6.45) is -3.08. The van der Waals surface area contributed by atoms with Crippen LogP contribution in [0.5, 0.6) is 5.75 Å². The summed E-state index contributed by atoms with van der Waals surface area (Å²) in [5, 5.41) is 0. The van der Waals surface area contributed by atoms with Gasteiger partial charge in [0.05, 0.1) is 28.4 Å². The third-order valence-corrected chi connectivity index (χ3v) is 11.1. The largest absolute Gasteiger partial charge is 0.490 e. The first-order valence-electron chi connectivity index (χ1n) is 11.2. The van der Waals surface area contributed by atoms with Gasteiger partial charge >= 0.3 is 6.18 Å². The Hall–Kier alpha value is -2.21. The number of benzene rings is 2. The van der Waals surface area contributed by atoms with E-state index in [0.29, 0.717) is 18.6 Å². The first-order chi connectivity index (χ1) is 16.5. The summed E-state index contributed by atoms with van der Waals surface area (Å²) in [7, 11) is -8.06. The van der Waals surface area contributed by atoms with Crippen LogP contribution in [-0.4, -0.2) is 35.5 Å². The molecule has 2 aliphatic rings. The molecule has 12 heteroatoms. The number of sulfone groups is 2. The molecule has 1 aliphatic heterocycles. The average molecular weight is 553 g/mol. The molecule has 1 saturated carbocycles. The molecule has 5 nitrogen and oxygen atoms in total. The van der Waals surface area contributed by atoms with E-state index < -0.39 is 75.3 Å². The zero-order valence-electron chi connectivity index (χ0n) is 19.5. The van der Waals surface area contributed by atoms with E-state index in [0.717, 1.165) is 30.5 Å². The van der Waals surface area contributed by atoms with E-state index in [2.05, 4.69) is 0 Å². The van der Waals surface area contributed by atoms with Crippen molar-refractivity contribution in [3.63, 3.8) is 0 Å². The Bertz CT molecular complexity index is 1390. The first-order valence-corrected chi connectivity index (χ1v) is 14.8. The summed E-state index contributed by atoms with van der Waals surface area (Å²) in [6, 6.07) is 4.52. The number of hydrogen-bond acceptors (Lipinski definition) is 5. The van der Waals surface area contributed by atoms with Crippen molar-refractivity contribution >= 4 is 19.7 Å². The molecule has 0 unspecified atom stereocenters.